The molecule has 2 aromatic carbocycles. The normalized spacial score (nSPS) is 12.2. The van der Waals surface area contributed by atoms with Gasteiger partial charge in [-0.2, -0.15) is 9.36 Å². The van der Waals surface area contributed by atoms with Gasteiger partial charge in [0.05, 0.1) is 6.54 Å². The Balaban J connectivity index is 1.94. The van der Waals surface area contributed by atoms with Crippen LogP contribution in [0.15, 0.2) is 65.7 Å². The van der Waals surface area contributed by atoms with Gasteiger partial charge in [-0.15, -0.1) is 0 Å². The third kappa shape index (κ3) is 4.74. The minimum Gasteiger partial charge on any atom is -0.304 e. The topological polar surface area (TPSA) is 41.4 Å². The van der Waals surface area contributed by atoms with Crippen molar-refractivity contribution >= 4 is 57.3 Å². The molecule has 0 unspecified atom stereocenters. The summed E-state index contributed by atoms with van der Waals surface area (Å²) in [5.41, 5.74) is 2.09. The maximum Gasteiger partial charge on any atom is 0.251 e. The van der Waals surface area contributed by atoms with Gasteiger partial charge in [0.1, 0.15) is 5.84 Å². The van der Waals surface area contributed by atoms with Gasteiger partial charge in [-0.05, 0) is 5.56 Å². The Morgan fingerprint density at radius 1 is 1.04 bits per heavy atom. The summed E-state index contributed by atoms with van der Waals surface area (Å²) in [6, 6.07) is 19.9. The molecule has 0 spiro atoms. The molecule has 0 saturated heterocycles. The van der Waals surface area contributed by atoms with Gasteiger partial charge in [0.2, 0.25) is 5.13 Å². The smallest absolute Gasteiger partial charge is 0.251 e. The van der Waals surface area contributed by atoms with Crippen molar-refractivity contribution in [3.63, 3.8) is 0 Å². The number of alkyl halides is 3. The molecular formula is C18H15Cl3N4S. The lowest BCUT2D eigenvalue weighted by atomic mass is 10.2. The van der Waals surface area contributed by atoms with Crippen LogP contribution in [0, 0.1) is 0 Å². The molecule has 26 heavy (non-hydrogen) atoms. The number of anilines is 1. The van der Waals surface area contributed by atoms with Crippen LogP contribution in [0.4, 0.5) is 5.13 Å². The van der Waals surface area contributed by atoms with Crippen LogP contribution in [-0.4, -0.2) is 22.2 Å². The molecule has 0 bridgehead atoms. The summed E-state index contributed by atoms with van der Waals surface area (Å²) in [6.45, 7) is 0.547. The van der Waals surface area contributed by atoms with Crippen molar-refractivity contribution in [1.82, 2.24) is 9.36 Å². The Morgan fingerprint density at radius 3 is 2.23 bits per heavy atom. The first-order valence-electron chi connectivity index (χ1n) is 7.73. The van der Waals surface area contributed by atoms with E-state index < -0.39 is 3.79 Å². The number of aliphatic imine (C=N–C) groups is 1. The quantitative estimate of drug-likeness (QED) is 0.317. The first-order chi connectivity index (χ1) is 12.4. The predicted octanol–water partition coefficient (Wildman–Crippen LogP) is 5.45. The number of nitrogens with zero attached hydrogens (tertiary/aromatic N) is 4. The number of amidine groups is 1. The third-order valence-corrected chi connectivity index (χ3v) is 4.86. The lowest BCUT2D eigenvalue weighted by Crippen LogP contribution is -2.27. The average molecular weight is 426 g/mol. The molecule has 1 heterocycles. The fourth-order valence-corrected chi connectivity index (χ4v) is 3.37. The van der Waals surface area contributed by atoms with Gasteiger partial charge < -0.3 is 4.90 Å². The minimum atomic E-state index is -1.65. The van der Waals surface area contributed by atoms with Crippen molar-refractivity contribution in [2.45, 2.75) is 10.3 Å². The molecule has 0 amide bonds. The van der Waals surface area contributed by atoms with E-state index >= 15 is 0 Å². The lowest BCUT2D eigenvalue weighted by molar-refractivity contribution is 1.02. The highest BCUT2D eigenvalue weighted by Gasteiger charge is 2.29. The molecule has 8 heteroatoms. The summed E-state index contributed by atoms with van der Waals surface area (Å²) in [4.78, 5) is 11.0. The highest BCUT2D eigenvalue weighted by molar-refractivity contribution is 7.10. The number of aromatic nitrogens is 2. The van der Waals surface area contributed by atoms with Crippen LogP contribution < -0.4 is 4.90 Å². The molecule has 0 radical (unpaired) electrons. The second kappa shape index (κ2) is 8.35. The van der Waals surface area contributed by atoms with Crippen molar-refractivity contribution in [2.24, 2.45) is 4.99 Å². The molecule has 0 saturated carbocycles. The van der Waals surface area contributed by atoms with E-state index in [1.807, 2.05) is 72.6 Å². The molecular weight excluding hydrogens is 411 g/mol. The van der Waals surface area contributed by atoms with Crippen molar-refractivity contribution in [3.8, 4) is 0 Å². The van der Waals surface area contributed by atoms with E-state index in [0.717, 1.165) is 28.5 Å². The molecule has 134 valence electrons. The molecule has 0 aliphatic carbocycles. The maximum atomic E-state index is 5.88. The monoisotopic (exact) mass is 424 g/mol. The summed E-state index contributed by atoms with van der Waals surface area (Å²) in [5, 5.41) is 0.599. The van der Waals surface area contributed by atoms with Crippen LogP contribution in [0.1, 0.15) is 17.0 Å². The number of halogens is 3. The van der Waals surface area contributed by atoms with E-state index in [0.29, 0.717) is 11.7 Å². The number of benzene rings is 2. The van der Waals surface area contributed by atoms with Gasteiger partial charge >= 0.3 is 0 Å². The highest BCUT2D eigenvalue weighted by atomic mass is 35.6. The fraction of sp³-hybridized carbons (Fsp3) is 0.167. The molecule has 1 aromatic heterocycles. The van der Waals surface area contributed by atoms with Crippen molar-refractivity contribution in [2.75, 3.05) is 11.9 Å². The lowest BCUT2D eigenvalue weighted by Gasteiger charge is -2.18. The van der Waals surface area contributed by atoms with E-state index in [9.17, 15) is 0 Å². The van der Waals surface area contributed by atoms with E-state index in [2.05, 4.69) is 9.36 Å². The average Bonchev–Trinajstić information content (AvgIpc) is 3.14. The van der Waals surface area contributed by atoms with Crippen LogP contribution in [-0.2, 0) is 10.3 Å². The van der Waals surface area contributed by atoms with Crippen LogP contribution in [0.25, 0.3) is 0 Å². The highest BCUT2D eigenvalue weighted by Crippen LogP contribution is 2.38. The van der Waals surface area contributed by atoms with Crippen LogP contribution in [0.5, 0.6) is 0 Å². The molecule has 0 atom stereocenters. The van der Waals surface area contributed by atoms with Crippen molar-refractivity contribution < 1.29 is 0 Å². The number of hydrogen-bond acceptors (Lipinski definition) is 4. The summed E-state index contributed by atoms with van der Waals surface area (Å²) < 4.78 is 2.49. The second-order valence-electron chi connectivity index (χ2n) is 5.45. The SMILES string of the molecule is CN(C(=NCc1ccccc1)c1ccccc1)c1nc(C(Cl)(Cl)Cl)ns1. The van der Waals surface area contributed by atoms with Gasteiger partial charge in [-0.1, -0.05) is 95.5 Å². The minimum absolute atomic E-state index is 0.157. The van der Waals surface area contributed by atoms with Gasteiger partial charge in [-0.25, -0.2) is 0 Å². The van der Waals surface area contributed by atoms with Gasteiger partial charge in [0, 0.05) is 24.1 Å². The number of hydrogen-bond donors (Lipinski definition) is 0. The van der Waals surface area contributed by atoms with Crippen LogP contribution in [0.2, 0.25) is 0 Å². The molecule has 0 aliphatic heterocycles. The largest absolute Gasteiger partial charge is 0.304 e. The molecule has 3 rings (SSSR count). The Kier molecular flexibility index (Phi) is 6.14. The van der Waals surface area contributed by atoms with Crippen LogP contribution >= 0.6 is 46.3 Å². The molecule has 0 aliphatic rings. The zero-order chi connectivity index (χ0) is 18.6. The van der Waals surface area contributed by atoms with Crippen LogP contribution in [0.3, 0.4) is 0 Å². The first kappa shape index (κ1) is 19.1. The standard InChI is InChI=1S/C18H15Cl3N4S/c1-25(17-23-16(24-26-17)18(19,20)21)15(14-10-6-3-7-11-14)22-12-13-8-4-2-5-9-13/h2-11H,12H2,1H3. The zero-order valence-electron chi connectivity index (χ0n) is 13.8. The second-order valence-corrected chi connectivity index (χ2v) is 8.46. The Hall–Kier alpha value is -1.66. The summed E-state index contributed by atoms with van der Waals surface area (Å²) in [5.74, 6) is 0.922. The summed E-state index contributed by atoms with van der Waals surface area (Å²) >= 11 is 18.8. The molecule has 0 fully saturated rings. The van der Waals surface area contributed by atoms with Gasteiger partial charge in [0.15, 0.2) is 5.82 Å². The fourth-order valence-electron chi connectivity index (χ4n) is 2.29. The van der Waals surface area contributed by atoms with Gasteiger partial charge in [0.25, 0.3) is 3.79 Å². The maximum absolute atomic E-state index is 5.88. The Labute approximate surface area is 171 Å². The van der Waals surface area contributed by atoms with Crippen molar-refractivity contribution in [1.29, 1.82) is 0 Å². The van der Waals surface area contributed by atoms with E-state index in [1.165, 1.54) is 0 Å². The van der Waals surface area contributed by atoms with E-state index in [1.54, 1.807) is 0 Å². The van der Waals surface area contributed by atoms with Crippen molar-refractivity contribution in [3.05, 3.63) is 77.6 Å². The summed E-state index contributed by atoms with van der Waals surface area (Å²) in [6.07, 6.45) is 0. The third-order valence-electron chi connectivity index (χ3n) is 3.56. The zero-order valence-corrected chi connectivity index (χ0v) is 16.9. The van der Waals surface area contributed by atoms with E-state index in [4.69, 9.17) is 39.8 Å². The summed E-state index contributed by atoms with van der Waals surface area (Å²) in [7, 11) is 1.87. The molecule has 3 aromatic rings. The van der Waals surface area contributed by atoms with Gasteiger partial charge in [-0.3, -0.25) is 4.99 Å². The first-order valence-corrected chi connectivity index (χ1v) is 9.64. The number of rotatable bonds is 4. The Bertz CT molecular complexity index is 876. The molecule has 4 nitrogen and oxygen atoms in total. The molecule has 0 N–H and O–H groups in total. The van der Waals surface area contributed by atoms with E-state index in [-0.39, 0.29) is 5.82 Å². The predicted molar refractivity (Wildman–Crippen MR) is 111 cm³/mol. The Morgan fingerprint density at radius 2 is 1.65 bits per heavy atom.